The van der Waals surface area contributed by atoms with E-state index in [4.69, 9.17) is 4.74 Å². The number of carbonyl (C=O) groups excluding carboxylic acids is 1. The van der Waals surface area contributed by atoms with Crippen LogP contribution in [0.1, 0.15) is 39.4 Å². The Kier molecular flexibility index (Phi) is 6.25. The summed E-state index contributed by atoms with van der Waals surface area (Å²) in [6, 6.07) is 7.23. The van der Waals surface area contributed by atoms with Crippen molar-refractivity contribution in [1.82, 2.24) is 5.32 Å². The number of hydrogen-bond acceptors (Lipinski definition) is 3. The van der Waals surface area contributed by atoms with Crippen LogP contribution in [0.4, 0.5) is 0 Å². The van der Waals surface area contributed by atoms with Crippen molar-refractivity contribution in [2.24, 2.45) is 0 Å². The van der Waals surface area contributed by atoms with Crippen molar-refractivity contribution in [2.45, 2.75) is 39.9 Å². The van der Waals surface area contributed by atoms with Crippen LogP contribution in [0.2, 0.25) is 0 Å². The number of carbonyl (C=O) groups is 1. The topological polar surface area (TPSA) is 58.6 Å². The van der Waals surface area contributed by atoms with E-state index in [2.05, 4.69) is 5.32 Å². The fraction of sp³-hybridized carbons (Fsp3) is 0.438. The molecule has 0 spiro atoms. The molecule has 0 aliphatic carbocycles. The van der Waals surface area contributed by atoms with Crippen LogP contribution >= 0.6 is 0 Å². The molecule has 20 heavy (non-hydrogen) atoms. The Bertz CT molecular complexity index is 459. The van der Waals surface area contributed by atoms with Gasteiger partial charge in [0.15, 0.2) is 0 Å². The van der Waals surface area contributed by atoms with Crippen molar-refractivity contribution in [3.63, 3.8) is 0 Å². The molecule has 0 heterocycles. The van der Waals surface area contributed by atoms with Gasteiger partial charge in [-0.05, 0) is 45.4 Å². The van der Waals surface area contributed by atoms with E-state index in [0.717, 1.165) is 16.9 Å². The molecule has 1 atom stereocenters. The number of amides is 1. The zero-order chi connectivity index (χ0) is 15.1. The minimum Gasteiger partial charge on any atom is -0.491 e. The highest BCUT2D eigenvalue weighted by molar-refractivity contribution is 5.88. The van der Waals surface area contributed by atoms with E-state index in [-0.39, 0.29) is 18.6 Å². The summed E-state index contributed by atoms with van der Waals surface area (Å²) >= 11 is 0. The van der Waals surface area contributed by atoms with Gasteiger partial charge in [0.05, 0.1) is 12.2 Å². The molecule has 2 N–H and O–H groups in total. The number of nitrogens with one attached hydrogen (secondary N) is 1. The Morgan fingerprint density at radius 3 is 2.40 bits per heavy atom. The van der Waals surface area contributed by atoms with Crippen LogP contribution in [-0.2, 0) is 4.79 Å². The van der Waals surface area contributed by atoms with Crippen LogP contribution in [0.15, 0.2) is 35.9 Å². The Balaban J connectivity index is 2.53. The number of allylic oxidation sites excluding steroid dienone is 1. The number of ether oxygens (including phenoxy) is 1. The minimum atomic E-state index is -0.724. The van der Waals surface area contributed by atoms with Crippen LogP contribution in [0.25, 0.3) is 0 Å². The molecule has 4 heteroatoms. The lowest BCUT2D eigenvalue weighted by Crippen LogP contribution is -2.26. The maximum Gasteiger partial charge on any atom is 0.244 e. The summed E-state index contributed by atoms with van der Waals surface area (Å²) in [6.45, 7) is 7.81. The van der Waals surface area contributed by atoms with E-state index in [0.29, 0.717) is 0 Å². The average molecular weight is 277 g/mol. The summed E-state index contributed by atoms with van der Waals surface area (Å²) < 4.78 is 5.53. The molecule has 110 valence electrons. The maximum atomic E-state index is 11.4. The average Bonchev–Trinajstić information content (AvgIpc) is 2.35. The van der Waals surface area contributed by atoms with Crippen molar-refractivity contribution in [2.75, 3.05) is 6.54 Å². The fourth-order valence-electron chi connectivity index (χ4n) is 1.67. The van der Waals surface area contributed by atoms with E-state index in [9.17, 15) is 9.90 Å². The third kappa shape index (κ3) is 5.89. The van der Waals surface area contributed by atoms with Crippen molar-refractivity contribution < 1.29 is 14.6 Å². The first-order valence-electron chi connectivity index (χ1n) is 6.76. The number of aliphatic hydroxyl groups excluding tert-OH is 1. The highest BCUT2D eigenvalue weighted by Gasteiger charge is 2.09. The van der Waals surface area contributed by atoms with Crippen LogP contribution in [0.5, 0.6) is 5.75 Å². The number of benzene rings is 1. The second-order valence-electron chi connectivity index (χ2n) is 5.22. The largest absolute Gasteiger partial charge is 0.491 e. The van der Waals surface area contributed by atoms with Gasteiger partial charge in [0.2, 0.25) is 5.91 Å². The summed E-state index contributed by atoms with van der Waals surface area (Å²) in [7, 11) is 0. The van der Waals surface area contributed by atoms with Gasteiger partial charge < -0.3 is 15.2 Å². The molecule has 1 amide bonds. The maximum absolute atomic E-state index is 11.4. The second kappa shape index (κ2) is 7.70. The lowest BCUT2D eigenvalue weighted by molar-refractivity contribution is -0.117. The highest BCUT2D eigenvalue weighted by Crippen LogP contribution is 2.18. The van der Waals surface area contributed by atoms with Gasteiger partial charge in [-0.2, -0.15) is 0 Å². The summed E-state index contributed by atoms with van der Waals surface area (Å²) in [4.78, 5) is 11.4. The predicted molar refractivity (Wildman–Crippen MR) is 79.6 cm³/mol. The van der Waals surface area contributed by atoms with Gasteiger partial charge in [-0.15, -0.1) is 0 Å². The van der Waals surface area contributed by atoms with Gasteiger partial charge in [-0.1, -0.05) is 17.7 Å². The van der Waals surface area contributed by atoms with E-state index < -0.39 is 6.10 Å². The quantitative estimate of drug-likeness (QED) is 0.786. The molecule has 0 fully saturated rings. The third-order valence-electron chi connectivity index (χ3n) is 2.53. The normalized spacial score (nSPS) is 11.9. The molecule has 0 saturated carbocycles. The summed E-state index contributed by atoms with van der Waals surface area (Å²) in [5, 5.41) is 12.7. The van der Waals surface area contributed by atoms with Crippen molar-refractivity contribution >= 4 is 5.91 Å². The molecule has 4 nitrogen and oxygen atoms in total. The van der Waals surface area contributed by atoms with Gasteiger partial charge in [0, 0.05) is 12.6 Å². The van der Waals surface area contributed by atoms with Gasteiger partial charge in [-0.3, -0.25) is 4.79 Å². The fourth-order valence-corrected chi connectivity index (χ4v) is 1.67. The third-order valence-corrected chi connectivity index (χ3v) is 2.53. The molecule has 0 aliphatic heterocycles. The molecule has 0 aliphatic rings. The van der Waals surface area contributed by atoms with Crippen LogP contribution in [0.3, 0.4) is 0 Å². The molecule has 0 radical (unpaired) electrons. The first kappa shape index (κ1) is 16.2. The second-order valence-corrected chi connectivity index (χ2v) is 5.22. The van der Waals surface area contributed by atoms with E-state index >= 15 is 0 Å². The monoisotopic (exact) mass is 277 g/mol. The number of hydrogen-bond donors (Lipinski definition) is 2. The van der Waals surface area contributed by atoms with Gasteiger partial charge in [0.25, 0.3) is 0 Å². The smallest absolute Gasteiger partial charge is 0.244 e. The zero-order valence-electron chi connectivity index (χ0n) is 12.5. The SMILES string of the molecule is CC(C)=CC(=O)NCC(O)c1ccc(OC(C)C)cc1. The molecule has 1 aromatic rings. The van der Waals surface area contributed by atoms with E-state index in [1.165, 1.54) is 6.08 Å². The zero-order valence-corrected chi connectivity index (χ0v) is 12.5. The van der Waals surface area contributed by atoms with E-state index in [1.54, 1.807) is 12.1 Å². The van der Waals surface area contributed by atoms with E-state index in [1.807, 2.05) is 39.8 Å². The van der Waals surface area contributed by atoms with Crippen LogP contribution in [0, 0.1) is 0 Å². The Morgan fingerprint density at radius 1 is 1.30 bits per heavy atom. The van der Waals surface area contributed by atoms with Gasteiger partial charge in [0.1, 0.15) is 5.75 Å². The molecule has 1 rings (SSSR count). The Morgan fingerprint density at radius 2 is 1.90 bits per heavy atom. The lowest BCUT2D eigenvalue weighted by atomic mass is 10.1. The summed E-state index contributed by atoms with van der Waals surface area (Å²) in [6.07, 6.45) is 0.901. The van der Waals surface area contributed by atoms with Crippen molar-refractivity contribution in [1.29, 1.82) is 0 Å². The number of rotatable bonds is 6. The molecule has 1 aromatic carbocycles. The molecule has 0 saturated heterocycles. The summed E-state index contributed by atoms with van der Waals surface area (Å²) in [5.74, 6) is 0.577. The van der Waals surface area contributed by atoms with Crippen molar-refractivity contribution in [3.05, 3.63) is 41.5 Å². The predicted octanol–water partition coefficient (Wildman–Crippen LogP) is 2.59. The van der Waals surface area contributed by atoms with Gasteiger partial charge >= 0.3 is 0 Å². The molecule has 1 unspecified atom stereocenters. The Hall–Kier alpha value is -1.81. The number of aliphatic hydroxyl groups is 1. The standard InChI is InChI=1S/C16H23NO3/c1-11(2)9-16(19)17-10-15(18)13-5-7-14(8-6-13)20-12(3)4/h5-9,12,15,18H,10H2,1-4H3,(H,17,19). The lowest BCUT2D eigenvalue weighted by Gasteiger charge is -2.13. The first-order valence-corrected chi connectivity index (χ1v) is 6.76. The van der Waals surface area contributed by atoms with Gasteiger partial charge in [-0.25, -0.2) is 0 Å². The molecule has 0 bridgehead atoms. The first-order chi connectivity index (χ1) is 9.38. The van der Waals surface area contributed by atoms with Crippen LogP contribution < -0.4 is 10.1 Å². The Labute approximate surface area is 120 Å². The minimum absolute atomic E-state index is 0.120. The highest BCUT2D eigenvalue weighted by atomic mass is 16.5. The molecule has 0 aromatic heterocycles. The van der Waals surface area contributed by atoms with Crippen LogP contribution in [-0.4, -0.2) is 23.7 Å². The molecular formula is C16H23NO3. The summed E-state index contributed by atoms with van der Waals surface area (Å²) in [5.41, 5.74) is 1.67. The van der Waals surface area contributed by atoms with Crippen molar-refractivity contribution in [3.8, 4) is 5.75 Å². The molecular weight excluding hydrogens is 254 g/mol.